The average molecular weight is 193 g/mol. The Morgan fingerprint density at radius 2 is 2.21 bits per heavy atom. The van der Waals surface area contributed by atoms with E-state index in [0.717, 1.165) is 0 Å². The van der Waals surface area contributed by atoms with Gasteiger partial charge in [-0.05, 0) is 13.0 Å². The minimum absolute atomic E-state index is 0.0577. The third-order valence-corrected chi connectivity index (χ3v) is 1.73. The molecule has 1 rings (SSSR count). The van der Waals surface area contributed by atoms with Crippen molar-refractivity contribution in [1.82, 2.24) is 0 Å². The van der Waals surface area contributed by atoms with Crippen LogP contribution in [0.2, 0.25) is 0 Å². The first-order valence-corrected chi connectivity index (χ1v) is 4.41. The quantitative estimate of drug-likeness (QED) is 0.675. The lowest BCUT2D eigenvalue weighted by atomic mass is 10.2. The predicted molar refractivity (Wildman–Crippen MR) is 53.9 cm³/mol. The van der Waals surface area contributed by atoms with Gasteiger partial charge in [0.25, 0.3) is 0 Å². The van der Waals surface area contributed by atoms with E-state index in [1.54, 1.807) is 18.2 Å². The van der Waals surface area contributed by atoms with Crippen molar-refractivity contribution < 1.29 is 9.18 Å². The van der Waals surface area contributed by atoms with E-state index in [2.05, 4.69) is 4.99 Å². The molecule has 0 spiro atoms. The van der Waals surface area contributed by atoms with Gasteiger partial charge in [0.05, 0.1) is 6.54 Å². The molecule has 0 saturated heterocycles. The molecule has 0 aromatic heterocycles. The van der Waals surface area contributed by atoms with Crippen LogP contribution in [0.15, 0.2) is 29.3 Å². The van der Waals surface area contributed by atoms with Gasteiger partial charge in [-0.1, -0.05) is 18.2 Å². The fourth-order valence-corrected chi connectivity index (χ4v) is 0.983. The lowest BCUT2D eigenvalue weighted by molar-refractivity contribution is -0.115. The zero-order chi connectivity index (χ0) is 10.4. The van der Waals surface area contributed by atoms with E-state index < -0.39 is 0 Å². The van der Waals surface area contributed by atoms with Crippen molar-refractivity contribution in [2.24, 2.45) is 4.99 Å². The average Bonchev–Trinajstić information content (AvgIpc) is 2.15. The number of benzene rings is 1. The Balaban J connectivity index is 2.49. The van der Waals surface area contributed by atoms with Crippen LogP contribution >= 0.6 is 0 Å². The molecule has 0 aliphatic rings. The zero-order valence-corrected chi connectivity index (χ0v) is 8.03. The second-order valence-corrected chi connectivity index (χ2v) is 3.02. The highest BCUT2D eigenvalue weighted by Crippen LogP contribution is 2.06. The second kappa shape index (κ2) is 5.27. The molecule has 1 aromatic rings. The van der Waals surface area contributed by atoms with E-state index in [4.69, 9.17) is 0 Å². The minimum atomic E-state index is -0.257. The summed E-state index contributed by atoms with van der Waals surface area (Å²) in [4.78, 5) is 14.5. The highest BCUT2D eigenvalue weighted by molar-refractivity contribution is 5.89. The van der Waals surface area contributed by atoms with Crippen molar-refractivity contribution in [3.05, 3.63) is 35.6 Å². The molecule has 0 unspecified atom stereocenters. The second-order valence-electron chi connectivity index (χ2n) is 3.02. The lowest BCUT2D eigenvalue weighted by Gasteiger charge is -1.97. The first-order valence-electron chi connectivity index (χ1n) is 4.41. The number of ketones is 1. The third kappa shape index (κ3) is 3.47. The van der Waals surface area contributed by atoms with Gasteiger partial charge in [-0.15, -0.1) is 0 Å². The normalized spacial score (nSPS) is 10.7. The predicted octanol–water partition coefficient (Wildman–Crippen LogP) is 2.38. The number of hydrogen-bond acceptors (Lipinski definition) is 2. The summed E-state index contributed by atoms with van der Waals surface area (Å²) in [5, 5.41) is 0. The van der Waals surface area contributed by atoms with E-state index >= 15 is 0 Å². The van der Waals surface area contributed by atoms with Crippen LogP contribution in [0.5, 0.6) is 0 Å². The molecule has 0 amide bonds. The van der Waals surface area contributed by atoms with Crippen molar-refractivity contribution in [3.63, 3.8) is 0 Å². The van der Waals surface area contributed by atoms with Crippen LogP contribution in [-0.4, -0.2) is 12.0 Å². The summed E-state index contributed by atoms with van der Waals surface area (Å²) in [6.07, 6.45) is 1.84. The number of carbonyl (C=O) groups excluding carboxylic acids is 1. The molecule has 2 nitrogen and oxygen atoms in total. The number of Topliss-reactive ketones (excluding diaryl/α,β-unsaturated/α-hetero) is 1. The van der Waals surface area contributed by atoms with Gasteiger partial charge in [-0.25, -0.2) is 4.39 Å². The highest BCUT2D eigenvalue weighted by atomic mass is 19.1. The summed E-state index contributed by atoms with van der Waals surface area (Å²) < 4.78 is 13.0. The van der Waals surface area contributed by atoms with Gasteiger partial charge in [-0.2, -0.15) is 0 Å². The molecule has 0 atom stereocenters. The van der Waals surface area contributed by atoms with Crippen molar-refractivity contribution in [3.8, 4) is 0 Å². The van der Waals surface area contributed by atoms with E-state index in [-0.39, 0.29) is 11.6 Å². The summed E-state index contributed by atoms with van der Waals surface area (Å²) >= 11 is 0. The molecule has 0 aliphatic heterocycles. The van der Waals surface area contributed by atoms with Gasteiger partial charge in [0, 0.05) is 18.2 Å². The van der Waals surface area contributed by atoms with Crippen molar-refractivity contribution in [2.45, 2.75) is 19.9 Å². The smallest absolute Gasteiger partial charge is 0.135 e. The molecule has 1 aromatic carbocycles. The monoisotopic (exact) mass is 193 g/mol. The van der Waals surface area contributed by atoms with Crippen LogP contribution < -0.4 is 0 Å². The van der Waals surface area contributed by atoms with Crippen molar-refractivity contribution >= 4 is 12.0 Å². The minimum Gasteiger partial charge on any atom is -0.300 e. The summed E-state index contributed by atoms with van der Waals surface area (Å²) in [6, 6.07) is 6.48. The SMILES string of the molecule is CC(=O)CC=NCc1ccccc1F. The van der Waals surface area contributed by atoms with Gasteiger partial charge < -0.3 is 0 Å². The molecule has 0 fully saturated rings. The molecule has 0 bridgehead atoms. The summed E-state index contributed by atoms with van der Waals surface area (Å²) in [6.45, 7) is 1.79. The van der Waals surface area contributed by atoms with E-state index in [9.17, 15) is 9.18 Å². The summed E-state index contributed by atoms with van der Waals surface area (Å²) in [5.74, 6) is -0.199. The Morgan fingerprint density at radius 1 is 1.50 bits per heavy atom. The van der Waals surface area contributed by atoms with Crippen LogP contribution in [0.1, 0.15) is 18.9 Å². The zero-order valence-electron chi connectivity index (χ0n) is 8.03. The molecule has 3 heteroatoms. The molecule has 0 N–H and O–H groups in total. The van der Waals surface area contributed by atoms with E-state index in [0.29, 0.717) is 18.5 Å². The van der Waals surface area contributed by atoms with Gasteiger partial charge in [0.15, 0.2) is 0 Å². The Hall–Kier alpha value is -1.51. The van der Waals surface area contributed by atoms with E-state index in [1.807, 2.05) is 0 Å². The van der Waals surface area contributed by atoms with Crippen molar-refractivity contribution in [2.75, 3.05) is 0 Å². The lowest BCUT2D eigenvalue weighted by Crippen LogP contribution is -1.91. The van der Waals surface area contributed by atoms with E-state index in [1.165, 1.54) is 19.2 Å². The Labute approximate surface area is 82.5 Å². The Bertz CT molecular complexity index is 347. The summed E-state index contributed by atoms with van der Waals surface area (Å²) in [7, 11) is 0. The Morgan fingerprint density at radius 3 is 2.86 bits per heavy atom. The van der Waals surface area contributed by atoms with Crippen LogP contribution in [-0.2, 0) is 11.3 Å². The molecule has 0 heterocycles. The summed E-state index contributed by atoms with van der Waals surface area (Å²) in [5.41, 5.74) is 0.548. The fraction of sp³-hybridized carbons (Fsp3) is 0.273. The first kappa shape index (κ1) is 10.6. The van der Waals surface area contributed by atoms with Crippen LogP contribution in [0.4, 0.5) is 4.39 Å². The Kier molecular flexibility index (Phi) is 3.98. The number of nitrogens with zero attached hydrogens (tertiary/aromatic N) is 1. The fourth-order valence-electron chi connectivity index (χ4n) is 0.983. The van der Waals surface area contributed by atoms with Crippen LogP contribution in [0, 0.1) is 5.82 Å². The number of hydrogen-bond donors (Lipinski definition) is 0. The molecular weight excluding hydrogens is 181 g/mol. The molecule has 74 valence electrons. The van der Waals surface area contributed by atoms with Gasteiger partial charge in [0.2, 0.25) is 0 Å². The maximum Gasteiger partial charge on any atom is 0.135 e. The van der Waals surface area contributed by atoms with Gasteiger partial charge in [0.1, 0.15) is 11.6 Å². The van der Waals surface area contributed by atoms with Crippen LogP contribution in [0.3, 0.4) is 0 Å². The van der Waals surface area contributed by atoms with Crippen LogP contribution in [0.25, 0.3) is 0 Å². The van der Waals surface area contributed by atoms with Gasteiger partial charge >= 0.3 is 0 Å². The highest BCUT2D eigenvalue weighted by Gasteiger charge is 1.97. The molecular formula is C11H12FNO. The molecule has 0 radical (unpaired) electrons. The maximum absolute atomic E-state index is 13.0. The number of aliphatic imine (C=N–C) groups is 1. The van der Waals surface area contributed by atoms with Gasteiger partial charge in [-0.3, -0.25) is 9.79 Å². The first-order chi connectivity index (χ1) is 6.70. The standard InChI is InChI=1S/C11H12FNO/c1-9(14)6-7-13-8-10-4-2-3-5-11(10)12/h2-5,7H,6,8H2,1H3. The number of rotatable bonds is 4. The topological polar surface area (TPSA) is 29.4 Å². The largest absolute Gasteiger partial charge is 0.300 e. The number of halogens is 1. The molecule has 0 saturated carbocycles. The molecule has 0 aliphatic carbocycles. The third-order valence-electron chi connectivity index (χ3n) is 1.73. The maximum atomic E-state index is 13.0. The molecule has 14 heavy (non-hydrogen) atoms. The number of carbonyl (C=O) groups is 1. The van der Waals surface area contributed by atoms with Crippen molar-refractivity contribution in [1.29, 1.82) is 0 Å².